The van der Waals surface area contributed by atoms with Crippen LogP contribution < -0.4 is 10.5 Å². The summed E-state index contributed by atoms with van der Waals surface area (Å²) >= 11 is 6.04. The van der Waals surface area contributed by atoms with E-state index in [-0.39, 0.29) is 5.91 Å². The summed E-state index contributed by atoms with van der Waals surface area (Å²) < 4.78 is 5.32. The van der Waals surface area contributed by atoms with Crippen molar-refractivity contribution < 1.29 is 9.53 Å². The van der Waals surface area contributed by atoms with Crippen molar-refractivity contribution in [3.05, 3.63) is 64.7 Å². The monoisotopic (exact) mass is 332 g/mol. The maximum Gasteiger partial charge on any atom is 0.247 e. The number of methoxy groups -OCH3 is 1. The molecule has 5 heteroatoms. The van der Waals surface area contributed by atoms with E-state index in [4.69, 9.17) is 22.1 Å². The Morgan fingerprint density at radius 2 is 1.91 bits per heavy atom. The van der Waals surface area contributed by atoms with E-state index in [2.05, 4.69) is 0 Å². The molecule has 0 saturated heterocycles. The van der Waals surface area contributed by atoms with Crippen molar-refractivity contribution in [2.24, 2.45) is 5.73 Å². The molecule has 0 spiro atoms. The van der Waals surface area contributed by atoms with Gasteiger partial charge in [0, 0.05) is 24.2 Å². The summed E-state index contributed by atoms with van der Waals surface area (Å²) in [6.45, 7) is 2.08. The van der Waals surface area contributed by atoms with Crippen LogP contribution in [0.5, 0.6) is 5.75 Å². The first kappa shape index (κ1) is 17.3. The van der Waals surface area contributed by atoms with Gasteiger partial charge in [-0.05, 0) is 30.7 Å². The van der Waals surface area contributed by atoms with E-state index in [9.17, 15) is 4.79 Å². The predicted molar refractivity (Wildman–Crippen MR) is 92.5 cm³/mol. The Labute approximate surface area is 141 Å². The number of amides is 1. The molecule has 0 aliphatic carbocycles. The van der Waals surface area contributed by atoms with Crippen molar-refractivity contribution in [2.45, 2.75) is 19.0 Å². The molecule has 0 bridgehead atoms. The fourth-order valence-electron chi connectivity index (χ4n) is 2.50. The molecule has 0 heterocycles. The third-order valence-electron chi connectivity index (χ3n) is 3.81. The SMILES string of the molecule is COc1ccc(Cl)cc1CN(C)C(=O)C(C)(N)c1ccccc1. The molecular formula is C18H21ClN2O2. The van der Waals surface area contributed by atoms with E-state index < -0.39 is 5.54 Å². The molecule has 2 aromatic rings. The van der Waals surface area contributed by atoms with Crippen LogP contribution in [0, 0.1) is 0 Å². The van der Waals surface area contributed by atoms with Gasteiger partial charge < -0.3 is 15.4 Å². The summed E-state index contributed by atoms with van der Waals surface area (Å²) in [5.41, 5.74) is 6.80. The molecule has 1 atom stereocenters. The van der Waals surface area contributed by atoms with Gasteiger partial charge in [0.1, 0.15) is 11.3 Å². The van der Waals surface area contributed by atoms with Crippen LogP contribution in [0.15, 0.2) is 48.5 Å². The highest BCUT2D eigenvalue weighted by Gasteiger charge is 2.33. The van der Waals surface area contributed by atoms with E-state index in [1.54, 1.807) is 44.2 Å². The summed E-state index contributed by atoms with van der Waals surface area (Å²) in [5, 5.41) is 0.597. The molecule has 0 fully saturated rings. The molecule has 0 aliphatic rings. The minimum Gasteiger partial charge on any atom is -0.496 e. The van der Waals surface area contributed by atoms with Gasteiger partial charge in [0.05, 0.1) is 7.11 Å². The average molecular weight is 333 g/mol. The summed E-state index contributed by atoms with van der Waals surface area (Å²) in [6.07, 6.45) is 0. The lowest BCUT2D eigenvalue weighted by Gasteiger charge is -2.30. The highest BCUT2D eigenvalue weighted by Crippen LogP contribution is 2.26. The summed E-state index contributed by atoms with van der Waals surface area (Å²) in [7, 11) is 3.31. The molecule has 0 radical (unpaired) electrons. The lowest BCUT2D eigenvalue weighted by atomic mass is 9.91. The Morgan fingerprint density at radius 1 is 1.26 bits per heavy atom. The zero-order valence-electron chi connectivity index (χ0n) is 13.5. The second-order valence-corrected chi connectivity index (χ2v) is 6.12. The van der Waals surface area contributed by atoms with Gasteiger partial charge in [-0.1, -0.05) is 41.9 Å². The summed E-state index contributed by atoms with van der Waals surface area (Å²) in [5.74, 6) is 0.512. The Kier molecular flexibility index (Phi) is 5.29. The minimum atomic E-state index is -1.10. The number of halogens is 1. The van der Waals surface area contributed by atoms with E-state index in [0.29, 0.717) is 17.3 Å². The third kappa shape index (κ3) is 3.84. The standard InChI is InChI=1S/C18H21ClN2O2/c1-18(20,14-7-5-4-6-8-14)17(22)21(2)12-13-11-15(19)9-10-16(13)23-3/h4-11H,12,20H2,1-3H3. The van der Waals surface area contributed by atoms with Crippen molar-refractivity contribution in [1.82, 2.24) is 4.90 Å². The average Bonchev–Trinajstić information content (AvgIpc) is 2.55. The first-order chi connectivity index (χ1) is 10.9. The van der Waals surface area contributed by atoms with Crippen molar-refractivity contribution in [3.63, 3.8) is 0 Å². The molecule has 1 amide bonds. The summed E-state index contributed by atoms with van der Waals surface area (Å²) in [6, 6.07) is 14.7. The second-order valence-electron chi connectivity index (χ2n) is 5.69. The number of nitrogens with two attached hydrogens (primary N) is 1. The van der Waals surface area contributed by atoms with Gasteiger partial charge in [0.15, 0.2) is 0 Å². The second kappa shape index (κ2) is 7.02. The van der Waals surface area contributed by atoms with E-state index >= 15 is 0 Å². The fourth-order valence-corrected chi connectivity index (χ4v) is 2.70. The predicted octanol–water partition coefficient (Wildman–Crippen LogP) is 3.18. The molecule has 1 unspecified atom stereocenters. The Morgan fingerprint density at radius 3 is 2.52 bits per heavy atom. The minimum absolute atomic E-state index is 0.175. The van der Waals surface area contributed by atoms with Crippen molar-refractivity contribution in [1.29, 1.82) is 0 Å². The molecule has 2 N–H and O–H groups in total. The molecule has 0 saturated carbocycles. The third-order valence-corrected chi connectivity index (χ3v) is 4.05. The molecule has 122 valence electrons. The topological polar surface area (TPSA) is 55.6 Å². The fraction of sp³-hybridized carbons (Fsp3) is 0.278. The van der Waals surface area contributed by atoms with Gasteiger partial charge in [-0.3, -0.25) is 4.79 Å². The Balaban J connectivity index is 2.22. The molecule has 2 rings (SSSR count). The molecule has 0 aromatic heterocycles. The highest BCUT2D eigenvalue weighted by molar-refractivity contribution is 6.30. The normalized spacial score (nSPS) is 13.3. The molecule has 2 aromatic carbocycles. The number of hydrogen-bond donors (Lipinski definition) is 1. The largest absolute Gasteiger partial charge is 0.496 e. The van der Waals surface area contributed by atoms with Crippen LogP contribution in [-0.4, -0.2) is 25.0 Å². The van der Waals surface area contributed by atoms with E-state index in [1.807, 2.05) is 30.3 Å². The molecule has 4 nitrogen and oxygen atoms in total. The number of ether oxygens (including phenoxy) is 1. The number of rotatable bonds is 5. The zero-order chi connectivity index (χ0) is 17.0. The van der Waals surface area contributed by atoms with Gasteiger partial charge in [-0.15, -0.1) is 0 Å². The molecular weight excluding hydrogens is 312 g/mol. The van der Waals surface area contributed by atoms with Crippen LogP contribution in [0.25, 0.3) is 0 Å². The van der Waals surface area contributed by atoms with Crippen LogP contribution in [0.1, 0.15) is 18.1 Å². The zero-order valence-corrected chi connectivity index (χ0v) is 14.3. The lowest BCUT2D eigenvalue weighted by Crippen LogP contribution is -2.49. The maximum absolute atomic E-state index is 12.8. The van der Waals surface area contributed by atoms with Gasteiger partial charge in [-0.2, -0.15) is 0 Å². The smallest absolute Gasteiger partial charge is 0.247 e. The van der Waals surface area contributed by atoms with Crippen LogP contribution in [0.4, 0.5) is 0 Å². The van der Waals surface area contributed by atoms with Gasteiger partial charge in [0.2, 0.25) is 5.91 Å². The maximum atomic E-state index is 12.8. The van der Waals surface area contributed by atoms with Crippen LogP contribution in [0.2, 0.25) is 5.02 Å². The van der Waals surface area contributed by atoms with Crippen LogP contribution >= 0.6 is 11.6 Å². The molecule has 23 heavy (non-hydrogen) atoms. The Hall–Kier alpha value is -2.04. The van der Waals surface area contributed by atoms with E-state index in [1.165, 1.54) is 0 Å². The molecule has 0 aliphatic heterocycles. The van der Waals surface area contributed by atoms with Crippen molar-refractivity contribution in [2.75, 3.05) is 14.2 Å². The summed E-state index contributed by atoms with van der Waals surface area (Å²) in [4.78, 5) is 14.4. The van der Waals surface area contributed by atoms with Gasteiger partial charge in [-0.25, -0.2) is 0 Å². The van der Waals surface area contributed by atoms with Crippen LogP contribution in [-0.2, 0) is 16.9 Å². The highest BCUT2D eigenvalue weighted by atomic mass is 35.5. The number of nitrogens with zero attached hydrogens (tertiary/aromatic N) is 1. The van der Waals surface area contributed by atoms with Crippen molar-refractivity contribution >= 4 is 17.5 Å². The quantitative estimate of drug-likeness (QED) is 0.915. The number of carbonyl (C=O) groups is 1. The van der Waals surface area contributed by atoms with Crippen LogP contribution in [0.3, 0.4) is 0 Å². The van der Waals surface area contributed by atoms with Gasteiger partial charge >= 0.3 is 0 Å². The van der Waals surface area contributed by atoms with E-state index in [0.717, 1.165) is 11.1 Å². The number of benzene rings is 2. The first-order valence-corrected chi connectivity index (χ1v) is 7.66. The number of hydrogen-bond acceptors (Lipinski definition) is 3. The lowest BCUT2D eigenvalue weighted by molar-refractivity contribution is -0.136. The van der Waals surface area contributed by atoms with Crippen molar-refractivity contribution in [3.8, 4) is 5.75 Å². The Bertz CT molecular complexity index is 687. The van der Waals surface area contributed by atoms with Gasteiger partial charge in [0.25, 0.3) is 0 Å². The first-order valence-electron chi connectivity index (χ1n) is 7.28. The number of likely N-dealkylation sites (N-methyl/N-ethyl adjacent to an activating group) is 1. The number of carbonyl (C=O) groups excluding carboxylic acids is 1.